The number of sulfonamides is 1. The molecule has 2 aromatic carbocycles. The van der Waals surface area contributed by atoms with E-state index in [0.29, 0.717) is 43.1 Å². The first-order chi connectivity index (χ1) is 14.2. The first-order valence-corrected chi connectivity index (χ1v) is 10.6. The van der Waals surface area contributed by atoms with Gasteiger partial charge in [0.15, 0.2) is 5.82 Å². The van der Waals surface area contributed by atoms with E-state index >= 15 is 0 Å². The van der Waals surface area contributed by atoms with E-state index in [1.54, 1.807) is 4.57 Å². The number of nitrogens with zero attached hydrogens (tertiary/aromatic N) is 3. The summed E-state index contributed by atoms with van der Waals surface area (Å²) in [7, 11) is -4.54. The van der Waals surface area contributed by atoms with Crippen molar-refractivity contribution in [2.75, 3.05) is 4.72 Å². The van der Waals surface area contributed by atoms with Crippen molar-refractivity contribution in [1.29, 1.82) is 0 Å². The number of aromatic nitrogens is 3. The van der Waals surface area contributed by atoms with Crippen molar-refractivity contribution in [1.82, 2.24) is 14.8 Å². The molecule has 30 heavy (non-hydrogen) atoms. The van der Waals surface area contributed by atoms with E-state index in [2.05, 4.69) is 10.2 Å². The molecule has 0 fully saturated rings. The van der Waals surface area contributed by atoms with Gasteiger partial charge < -0.3 is 4.57 Å². The van der Waals surface area contributed by atoms with Crippen LogP contribution in [0.3, 0.4) is 0 Å². The molecule has 0 saturated carbocycles. The number of benzene rings is 2. The van der Waals surface area contributed by atoms with Crippen molar-refractivity contribution in [3.63, 3.8) is 0 Å². The topological polar surface area (TPSA) is 76.9 Å². The van der Waals surface area contributed by atoms with Crippen LogP contribution in [0.2, 0.25) is 0 Å². The average molecular weight is 440 g/mol. The van der Waals surface area contributed by atoms with Gasteiger partial charge in [0.05, 0.1) is 16.1 Å². The molecule has 1 N–H and O–H groups in total. The van der Waals surface area contributed by atoms with E-state index < -0.39 is 43.9 Å². The molecule has 0 atom stereocenters. The number of hydrogen-bond acceptors (Lipinski definition) is 4. The molecule has 0 spiro atoms. The number of rotatable bonds is 4. The summed E-state index contributed by atoms with van der Waals surface area (Å²) in [5, 5.41) is 8.05. The van der Waals surface area contributed by atoms with Crippen LogP contribution in [-0.4, -0.2) is 23.2 Å². The lowest BCUT2D eigenvalue weighted by molar-refractivity contribution is 0.568. The molecule has 0 aliphatic carbocycles. The third-order valence-electron chi connectivity index (χ3n) is 4.80. The van der Waals surface area contributed by atoms with E-state index in [0.717, 1.165) is 25.3 Å². The van der Waals surface area contributed by atoms with E-state index in [-0.39, 0.29) is 11.4 Å². The summed E-state index contributed by atoms with van der Waals surface area (Å²) >= 11 is 0. The predicted molar refractivity (Wildman–Crippen MR) is 100 cm³/mol. The summed E-state index contributed by atoms with van der Waals surface area (Å²) < 4.78 is 84.3. The maximum absolute atomic E-state index is 14.5. The molecule has 0 radical (unpaired) electrons. The van der Waals surface area contributed by atoms with Gasteiger partial charge in [0.2, 0.25) is 0 Å². The van der Waals surface area contributed by atoms with Gasteiger partial charge in [-0.1, -0.05) is 6.42 Å². The molecule has 158 valence electrons. The molecular formula is C19H16F4N4O2S. The summed E-state index contributed by atoms with van der Waals surface area (Å²) in [5.41, 5.74) is -0.720. The Morgan fingerprint density at radius 1 is 0.867 bits per heavy atom. The number of halogens is 4. The van der Waals surface area contributed by atoms with Crippen LogP contribution >= 0.6 is 0 Å². The normalized spacial score (nSPS) is 14.3. The largest absolute Gasteiger partial charge is 0.311 e. The average Bonchev–Trinajstić information content (AvgIpc) is 2.90. The highest BCUT2D eigenvalue weighted by Gasteiger charge is 2.23. The van der Waals surface area contributed by atoms with E-state index in [9.17, 15) is 26.0 Å². The van der Waals surface area contributed by atoms with Crippen molar-refractivity contribution >= 4 is 15.7 Å². The van der Waals surface area contributed by atoms with E-state index in [4.69, 9.17) is 0 Å². The zero-order valence-electron chi connectivity index (χ0n) is 15.5. The van der Waals surface area contributed by atoms with Crippen LogP contribution in [0.25, 0.3) is 11.4 Å². The Balaban J connectivity index is 1.75. The lowest BCUT2D eigenvalue weighted by atomic mass is 10.1. The fourth-order valence-electron chi connectivity index (χ4n) is 3.37. The van der Waals surface area contributed by atoms with Gasteiger partial charge in [0.25, 0.3) is 10.0 Å². The second-order valence-electron chi connectivity index (χ2n) is 6.92. The fraction of sp³-hybridized carbons (Fsp3) is 0.263. The molecule has 1 aromatic heterocycles. The minimum atomic E-state index is -4.54. The predicted octanol–water partition coefficient (Wildman–Crippen LogP) is 4.03. The second kappa shape index (κ2) is 7.71. The quantitative estimate of drug-likeness (QED) is 0.622. The highest BCUT2D eigenvalue weighted by molar-refractivity contribution is 7.92. The van der Waals surface area contributed by atoms with Crippen LogP contribution in [0.4, 0.5) is 23.2 Å². The maximum atomic E-state index is 14.5. The molecule has 0 unspecified atom stereocenters. The van der Waals surface area contributed by atoms with Gasteiger partial charge >= 0.3 is 0 Å². The molecule has 3 aromatic rings. The zero-order valence-corrected chi connectivity index (χ0v) is 16.3. The Labute approximate surface area is 169 Å². The van der Waals surface area contributed by atoms with Gasteiger partial charge in [-0.2, -0.15) is 0 Å². The molecule has 4 rings (SSSR count). The van der Waals surface area contributed by atoms with Gasteiger partial charge in [-0.25, -0.2) is 26.0 Å². The van der Waals surface area contributed by atoms with E-state index in [1.165, 1.54) is 0 Å². The summed E-state index contributed by atoms with van der Waals surface area (Å²) in [6.07, 6.45) is 3.40. The van der Waals surface area contributed by atoms with Crippen molar-refractivity contribution in [2.45, 2.75) is 37.1 Å². The van der Waals surface area contributed by atoms with Crippen LogP contribution < -0.4 is 4.72 Å². The van der Waals surface area contributed by atoms with Gasteiger partial charge in [-0.05, 0) is 31.0 Å². The number of fused-ring (bicyclic) bond motifs is 1. The molecule has 0 amide bonds. The zero-order chi connectivity index (χ0) is 21.5. The Hall–Kier alpha value is -2.95. The number of anilines is 1. The summed E-state index contributed by atoms with van der Waals surface area (Å²) in [5.74, 6) is -3.52. The molecule has 2 heterocycles. The fourth-order valence-corrected chi connectivity index (χ4v) is 4.47. The third kappa shape index (κ3) is 3.89. The van der Waals surface area contributed by atoms with Crippen LogP contribution in [0.1, 0.15) is 25.1 Å². The number of nitrogens with one attached hydrogen (secondary N) is 1. The molecule has 0 bridgehead atoms. The standard InChI is InChI=1S/C19H16F4N4O2S/c20-11-6-12(21)8-13(7-11)30(28,29)26-17-9-14(15(22)10-16(17)23)19-25-24-18-4-2-1-3-5-27(18)19/h6-10,26H,1-5H2. The third-order valence-corrected chi connectivity index (χ3v) is 6.14. The molecule has 1 aliphatic rings. The van der Waals surface area contributed by atoms with Crippen molar-refractivity contribution in [3.8, 4) is 11.4 Å². The monoisotopic (exact) mass is 440 g/mol. The summed E-state index contributed by atoms with van der Waals surface area (Å²) in [4.78, 5) is -0.735. The maximum Gasteiger partial charge on any atom is 0.262 e. The van der Waals surface area contributed by atoms with Crippen molar-refractivity contribution in [3.05, 3.63) is 59.4 Å². The molecular weight excluding hydrogens is 424 g/mol. The first-order valence-electron chi connectivity index (χ1n) is 9.15. The van der Waals surface area contributed by atoms with Gasteiger partial charge in [0.1, 0.15) is 29.1 Å². The first kappa shape index (κ1) is 20.3. The van der Waals surface area contributed by atoms with Gasteiger partial charge in [0, 0.05) is 25.1 Å². The number of hydrogen-bond donors (Lipinski definition) is 1. The van der Waals surface area contributed by atoms with Crippen LogP contribution in [0, 0.1) is 23.3 Å². The summed E-state index contributed by atoms with van der Waals surface area (Å²) in [6.45, 7) is 0.554. The lowest BCUT2D eigenvalue weighted by Crippen LogP contribution is -2.15. The van der Waals surface area contributed by atoms with Crippen molar-refractivity contribution in [2.24, 2.45) is 0 Å². The van der Waals surface area contributed by atoms with Crippen molar-refractivity contribution < 1.29 is 26.0 Å². The molecule has 0 saturated heterocycles. The Bertz CT molecular complexity index is 1210. The Morgan fingerprint density at radius 2 is 1.60 bits per heavy atom. The SMILES string of the molecule is O=S(=O)(Nc1cc(-c2nnc3n2CCCCC3)c(F)cc1F)c1cc(F)cc(F)c1. The van der Waals surface area contributed by atoms with E-state index in [1.807, 2.05) is 4.72 Å². The van der Waals surface area contributed by atoms with Crippen LogP contribution in [0.15, 0.2) is 35.2 Å². The Morgan fingerprint density at radius 3 is 2.33 bits per heavy atom. The Kier molecular flexibility index (Phi) is 5.22. The molecule has 11 heteroatoms. The number of aryl methyl sites for hydroxylation is 1. The molecule has 1 aliphatic heterocycles. The lowest BCUT2D eigenvalue weighted by Gasteiger charge is -2.13. The highest BCUT2D eigenvalue weighted by atomic mass is 32.2. The minimum Gasteiger partial charge on any atom is -0.311 e. The second-order valence-corrected chi connectivity index (χ2v) is 8.61. The van der Waals surface area contributed by atoms with Crippen LogP contribution in [-0.2, 0) is 23.0 Å². The summed E-state index contributed by atoms with van der Waals surface area (Å²) in [6, 6.07) is 3.17. The van der Waals surface area contributed by atoms with Crippen LogP contribution in [0.5, 0.6) is 0 Å². The highest BCUT2D eigenvalue weighted by Crippen LogP contribution is 2.30. The minimum absolute atomic E-state index is 0.139. The molecule has 6 nitrogen and oxygen atoms in total. The van der Waals surface area contributed by atoms with Gasteiger partial charge in [-0.3, -0.25) is 4.72 Å². The smallest absolute Gasteiger partial charge is 0.262 e. The van der Waals surface area contributed by atoms with Gasteiger partial charge in [-0.15, -0.1) is 10.2 Å².